The number of aromatic nitrogens is 3. The van der Waals surface area contributed by atoms with Crippen molar-refractivity contribution in [2.24, 2.45) is 7.05 Å². The summed E-state index contributed by atoms with van der Waals surface area (Å²) >= 11 is 0. The average Bonchev–Trinajstić information content (AvgIpc) is 3.09. The van der Waals surface area contributed by atoms with Crippen LogP contribution < -0.4 is 5.32 Å². The molecular formula is C14H12N4O2. The summed E-state index contributed by atoms with van der Waals surface area (Å²) in [6.45, 7) is 0. The van der Waals surface area contributed by atoms with Gasteiger partial charge in [0, 0.05) is 30.9 Å². The number of aryl methyl sites for hydroxylation is 1. The SMILES string of the molecule is Cn1ccc(NC(=O)c2cc(-c3ccccc3)on2)n1. The number of amides is 1. The summed E-state index contributed by atoms with van der Waals surface area (Å²) in [5.41, 5.74) is 1.09. The van der Waals surface area contributed by atoms with Gasteiger partial charge in [-0.2, -0.15) is 5.10 Å². The van der Waals surface area contributed by atoms with Gasteiger partial charge in [-0.3, -0.25) is 9.48 Å². The van der Waals surface area contributed by atoms with Gasteiger partial charge in [0.1, 0.15) is 0 Å². The summed E-state index contributed by atoms with van der Waals surface area (Å²) in [6, 6.07) is 12.8. The highest BCUT2D eigenvalue weighted by Gasteiger charge is 2.14. The molecule has 6 nitrogen and oxygen atoms in total. The van der Waals surface area contributed by atoms with Crippen molar-refractivity contribution in [3.05, 3.63) is 54.4 Å². The summed E-state index contributed by atoms with van der Waals surface area (Å²) < 4.78 is 6.78. The second kappa shape index (κ2) is 5.00. The first-order chi connectivity index (χ1) is 9.72. The van der Waals surface area contributed by atoms with E-state index < -0.39 is 0 Å². The quantitative estimate of drug-likeness (QED) is 0.791. The van der Waals surface area contributed by atoms with Crippen LogP contribution in [0.25, 0.3) is 11.3 Å². The molecular weight excluding hydrogens is 256 g/mol. The standard InChI is InChI=1S/C14H12N4O2/c1-18-8-7-13(16-18)15-14(19)11-9-12(20-17-11)10-5-3-2-4-6-10/h2-9H,1H3,(H,15,16,19). The number of anilines is 1. The zero-order valence-electron chi connectivity index (χ0n) is 10.8. The molecule has 0 atom stereocenters. The molecule has 0 unspecified atom stereocenters. The average molecular weight is 268 g/mol. The van der Waals surface area contributed by atoms with Crippen LogP contribution in [0.15, 0.2) is 53.2 Å². The molecule has 0 saturated heterocycles. The largest absolute Gasteiger partial charge is 0.355 e. The number of nitrogens with zero attached hydrogens (tertiary/aromatic N) is 3. The van der Waals surface area contributed by atoms with Crippen LogP contribution in [0.1, 0.15) is 10.5 Å². The van der Waals surface area contributed by atoms with Crippen LogP contribution in [0.5, 0.6) is 0 Å². The predicted molar refractivity (Wildman–Crippen MR) is 73.1 cm³/mol. The van der Waals surface area contributed by atoms with Gasteiger partial charge in [-0.1, -0.05) is 35.5 Å². The summed E-state index contributed by atoms with van der Waals surface area (Å²) in [7, 11) is 1.78. The molecule has 0 aliphatic heterocycles. The Bertz CT molecular complexity index is 730. The summed E-state index contributed by atoms with van der Waals surface area (Å²) in [4.78, 5) is 12.0. The first-order valence-electron chi connectivity index (χ1n) is 6.05. The van der Waals surface area contributed by atoms with Crippen molar-refractivity contribution in [3.63, 3.8) is 0 Å². The Kier molecular flexibility index (Phi) is 3.04. The molecule has 0 aliphatic rings. The Balaban J connectivity index is 1.78. The van der Waals surface area contributed by atoms with E-state index in [1.807, 2.05) is 30.3 Å². The minimum atomic E-state index is -0.352. The molecule has 0 bridgehead atoms. The molecule has 3 rings (SSSR count). The topological polar surface area (TPSA) is 73.0 Å². The van der Waals surface area contributed by atoms with E-state index in [9.17, 15) is 4.79 Å². The predicted octanol–water partition coefficient (Wildman–Crippen LogP) is 2.33. The van der Waals surface area contributed by atoms with Crippen LogP contribution in [0.3, 0.4) is 0 Å². The van der Waals surface area contributed by atoms with Crippen LogP contribution in [0.2, 0.25) is 0 Å². The first-order valence-corrected chi connectivity index (χ1v) is 6.05. The molecule has 0 radical (unpaired) electrons. The van der Waals surface area contributed by atoms with Gasteiger partial charge >= 0.3 is 0 Å². The molecule has 6 heteroatoms. The highest BCUT2D eigenvalue weighted by molar-refractivity contribution is 6.02. The third-order valence-electron chi connectivity index (χ3n) is 2.76. The van der Waals surface area contributed by atoms with Gasteiger partial charge in [0.05, 0.1) is 0 Å². The molecule has 2 heterocycles. The lowest BCUT2D eigenvalue weighted by Crippen LogP contribution is -2.12. The molecule has 100 valence electrons. The van der Waals surface area contributed by atoms with E-state index >= 15 is 0 Å². The zero-order valence-corrected chi connectivity index (χ0v) is 10.8. The molecule has 3 aromatic rings. The fraction of sp³-hybridized carbons (Fsp3) is 0.0714. The summed E-state index contributed by atoms with van der Waals surface area (Å²) in [6.07, 6.45) is 1.74. The molecule has 0 spiro atoms. The van der Waals surface area contributed by atoms with Gasteiger partial charge in [-0.05, 0) is 0 Å². The Labute approximate surface area is 115 Å². The van der Waals surface area contributed by atoms with E-state index in [-0.39, 0.29) is 11.6 Å². The maximum atomic E-state index is 12.0. The molecule has 2 aromatic heterocycles. The molecule has 0 aliphatic carbocycles. The monoisotopic (exact) mass is 268 g/mol. The lowest BCUT2D eigenvalue weighted by atomic mass is 10.1. The maximum Gasteiger partial charge on any atom is 0.279 e. The number of hydrogen-bond donors (Lipinski definition) is 1. The normalized spacial score (nSPS) is 10.4. The number of carbonyl (C=O) groups is 1. The Morgan fingerprint density at radius 1 is 1.25 bits per heavy atom. The smallest absolute Gasteiger partial charge is 0.279 e. The molecule has 0 fully saturated rings. The van der Waals surface area contributed by atoms with E-state index in [2.05, 4.69) is 15.6 Å². The van der Waals surface area contributed by atoms with Crippen molar-refractivity contribution >= 4 is 11.7 Å². The van der Waals surface area contributed by atoms with Crippen molar-refractivity contribution in [3.8, 4) is 11.3 Å². The van der Waals surface area contributed by atoms with E-state index in [1.165, 1.54) is 0 Å². The number of benzene rings is 1. The van der Waals surface area contributed by atoms with Crippen LogP contribution in [-0.4, -0.2) is 20.8 Å². The first kappa shape index (κ1) is 12.2. The van der Waals surface area contributed by atoms with Gasteiger partial charge in [-0.15, -0.1) is 0 Å². The lowest BCUT2D eigenvalue weighted by Gasteiger charge is -1.96. The summed E-state index contributed by atoms with van der Waals surface area (Å²) in [5, 5.41) is 10.5. The number of hydrogen-bond acceptors (Lipinski definition) is 4. The van der Waals surface area contributed by atoms with Crippen molar-refractivity contribution in [2.45, 2.75) is 0 Å². The van der Waals surface area contributed by atoms with Gasteiger partial charge in [0.25, 0.3) is 5.91 Å². The van der Waals surface area contributed by atoms with E-state index in [0.29, 0.717) is 11.6 Å². The fourth-order valence-corrected chi connectivity index (χ4v) is 1.78. The number of nitrogens with one attached hydrogen (secondary N) is 1. The number of carbonyl (C=O) groups excluding carboxylic acids is 1. The maximum absolute atomic E-state index is 12.0. The molecule has 20 heavy (non-hydrogen) atoms. The minimum Gasteiger partial charge on any atom is -0.355 e. The highest BCUT2D eigenvalue weighted by atomic mass is 16.5. The third-order valence-corrected chi connectivity index (χ3v) is 2.76. The summed E-state index contributed by atoms with van der Waals surface area (Å²) in [5.74, 6) is 0.674. The van der Waals surface area contributed by atoms with E-state index in [1.54, 1.807) is 30.1 Å². The Hall–Kier alpha value is -2.89. The third kappa shape index (κ3) is 2.44. The van der Waals surface area contributed by atoms with E-state index in [4.69, 9.17) is 4.52 Å². The fourth-order valence-electron chi connectivity index (χ4n) is 1.78. The molecule has 1 N–H and O–H groups in total. The van der Waals surface area contributed by atoms with Gasteiger partial charge in [-0.25, -0.2) is 0 Å². The molecule has 1 amide bonds. The van der Waals surface area contributed by atoms with E-state index in [0.717, 1.165) is 5.56 Å². The molecule has 1 aromatic carbocycles. The minimum absolute atomic E-state index is 0.217. The highest BCUT2D eigenvalue weighted by Crippen LogP contribution is 2.20. The van der Waals surface area contributed by atoms with Crippen molar-refractivity contribution in [1.82, 2.24) is 14.9 Å². The second-order valence-electron chi connectivity index (χ2n) is 4.27. The molecule has 0 saturated carbocycles. The second-order valence-corrected chi connectivity index (χ2v) is 4.27. The van der Waals surface area contributed by atoms with Crippen LogP contribution in [-0.2, 0) is 7.05 Å². The number of rotatable bonds is 3. The van der Waals surface area contributed by atoms with Crippen molar-refractivity contribution in [2.75, 3.05) is 5.32 Å². The Morgan fingerprint density at radius 3 is 2.75 bits per heavy atom. The Morgan fingerprint density at radius 2 is 2.05 bits per heavy atom. The lowest BCUT2D eigenvalue weighted by molar-refractivity contribution is 0.101. The van der Waals surface area contributed by atoms with Crippen molar-refractivity contribution in [1.29, 1.82) is 0 Å². The van der Waals surface area contributed by atoms with Gasteiger partial charge in [0.15, 0.2) is 17.3 Å². The van der Waals surface area contributed by atoms with Gasteiger partial charge in [0.2, 0.25) is 0 Å². The van der Waals surface area contributed by atoms with Crippen LogP contribution >= 0.6 is 0 Å². The van der Waals surface area contributed by atoms with Crippen LogP contribution in [0, 0.1) is 0 Å². The van der Waals surface area contributed by atoms with Crippen molar-refractivity contribution < 1.29 is 9.32 Å². The van der Waals surface area contributed by atoms with Crippen LogP contribution in [0.4, 0.5) is 5.82 Å². The zero-order chi connectivity index (χ0) is 13.9. The van der Waals surface area contributed by atoms with Gasteiger partial charge < -0.3 is 9.84 Å².